The summed E-state index contributed by atoms with van der Waals surface area (Å²) in [5.74, 6) is -0.880. The van der Waals surface area contributed by atoms with Crippen LogP contribution < -0.4 is 0 Å². The number of phosphoric acid groups is 1. The average molecular weight is 785 g/mol. The molecular weight excluding hydrogens is 699 g/mol. The van der Waals surface area contributed by atoms with Gasteiger partial charge in [-0.05, 0) is 64.2 Å². The van der Waals surface area contributed by atoms with Crippen LogP contribution in [0.1, 0.15) is 232 Å². The predicted octanol–water partition coefficient (Wildman–Crippen LogP) is 14.0. The molecule has 0 saturated carbocycles. The Morgan fingerprint density at radius 2 is 0.778 bits per heavy atom. The molecule has 0 unspecified atom stereocenters. The van der Waals surface area contributed by atoms with Gasteiger partial charge in [0.2, 0.25) is 0 Å². The van der Waals surface area contributed by atoms with Crippen molar-refractivity contribution >= 4 is 19.8 Å². The van der Waals surface area contributed by atoms with Crippen molar-refractivity contribution in [3.8, 4) is 0 Å². The largest absolute Gasteiger partial charge is 0.469 e. The lowest BCUT2D eigenvalue weighted by Crippen LogP contribution is -2.29. The van der Waals surface area contributed by atoms with Crippen LogP contribution in [-0.2, 0) is 28.2 Å². The fourth-order valence-corrected chi connectivity index (χ4v) is 6.90. The van der Waals surface area contributed by atoms with Gasteiger partial charge < -0.3 is 19.3 Å². The van der Waals surface area contributed by atoms with E-state index in [1.54, 1.807) is 0 Å². The fourth-order valence-electron chi connectivity index (χ4n) is 6.54. The van der Waals surface area contributed by atoms with Crippen LogP contribution in [0.4, 0.5) is 0 Å². The maximum Gasteiger partial charge on any atom is 0.469 e. The summed E-state index contributed by atoms with van der Waals surface area (Å²) in [4.78, 5) is 42.9. The Labute approximate surface area is 332 Å². The molecule has 0 aliphatic carbocycles. The molecule has 54 heavy (non-hydrogen) atoms. The van der Waals surface area contributed by atoms with Gasteiger partial charge in [0.25, 0.3) is 0 Å². The molecule has 0 saturated heterocycles. The van der Waals surface area contributed by atoms with Crippen LogP contribution in [0, 0.1) is 0 Å². The minimum Gasteiger partial charge on any atom is -0.462 e. The highest BCUT2D eigenvalue weighted by molar-refractivity contribution is 7.46. The molecule has 0 aromatic carbocycles. The molecule has 0 rings (SSSR count). The predicted molar refractivity (Wildman–Crippen MR) is 225 cm³/mol. The number of carbonyl (C=O) groups excluding carboxylic acids is 2. The smallest absolute Gasteiger partial charge is 0.462 e. The number of ether oxygens (including phenoxy) is 2. The first-order valence-electron chi connectivity index (χ1n) is 22.6. The second-order valence-electron chi connectivity index (χ2n) is 15.4. The van der Waals surface area contributed by atoms with Crippen molar-refractivity contribution in [1.29, 1.82) is 0 Å². The Morgan fingerprint density at radius 1 is 0.463 bits per heavy atom. The maximum absolute atomic E-state index is 12.4. The molecule has 0 amide bonds. The van der Waals surface area contributed by atoms with Gasteiger partial charge in [-0.15, -0.1) is 0 Å². The molecule has 0 aliphatic rings. The second kappa shape index (κ2) is 41.2. The van der Waals surface area contributed by atoms with Gasteiger partial charge in [0.05, 0.1) is 6.61 Å². The average Bonchev–Trinajstić information content (AvgIpc) is 3.14. The van der Waals surface area contributed by atoms with E-state index in [1.807, 2.05) is 0 Å². The van der Waals surface area contributed by atoms with E-state index < -0.39 is 32.5 Å². The van der Waals surface area contributed by atoms with Crippen LogP contribution in [0.15, 0.2) is 24.3 Å². The van der Waals surface area contributed by atoms with Crippen molar-refractivity contribution in [3.05, 3.63) is 24.3 Å². The third-order valence-corrected chi connectivity index (χ3v) is 10.4. The van der Waals surface area contributed by atoms with Gasteiger partial charge in [0.15, 0.2) is 6.10 Å². The highest BCUT2D eigenvalue weighted by Gasteiger charge is 2.23. The number of carbonyl (C=O) groups is 2. The molecule has 0 fully saturated rings. The summed E-state index contributed by atoms with van der Waals surface area (Å²) >= 11 is 0. The van der Waals surface area contributed by atoms with Gasteiger partial charge in [0, 0.05) is 12.8 Å². The molecule has 0 heterocycles. The number of rotatable bonds is 42. The molecule has 2 N–H and O–H groups in total. The van der Waals surface area contributed by atoms with Crippen LogP contribution >= 0.6 is 7.82 Å². The van der Waals surface area contributed by atoms with Gasteiger partial charge >= 0.3 is 19.8 Å². The van der Waals surface area contributed by atoms with Crippen LogP contribution in [0.3, 0.4) is 0 Å². The molecule has 1 atom stereocenters. The minimum atomic E-state index is -4.75. The van der Waals surface area contributed by atoms with E-state index in [-0.39, 0.29) is 19.4 Å². The molecule has 0 bridgehead atoms. The molecule has 9 heteroatoms. The van der Waals surface area contributed by atoms with Crippen LogP contribution in [0.5, 0.6) is 0 Å². The summed E-state index contributed by atoms with van der Waals surface area (Å²) in [6.45, 7) is 3.69. The first-order valence-corrected chi connectivity index (χ1v) is 24.2. The van der Waals surface area contributed by atoms with E-state index in [1.165, 1.54) is 161 Å². The Balaban J connectivity index is 3.86. The second-order valence-corrected chi connectivity index (χ2v) is 16.6. The zero-order chi connectivity index (χ0) is 39.6. The molecule has 0 radical (unpaired) electrons. The molecule has 0 aromatic rings. The molecule has 0 aliphatic heterocycles. The van der Waals surface area contributed by atoms with Crippen molar-refractivity contribution < 1.29 is 37.9 Å². The van der Waals surface area contributed by atoms with E-state index in [2.05, 4.69) is 42.7 Å². The van der Waals surface area contributed by atoms with Gasteiger partial charge in [0.1, 0.15) is 6.61 Å². The van der Waals surface area contributed by atoms with Crippen molar-refractivity contribution in [2.75, 3.05) is 13.2 Å². The topological polar surface area (TPSA) is 119 Å². The minimum absolute atomic E-state index is 0.211. The van der Waals surface area contributed by atoms with Gasteiger partial charge in [-0.2, -0.15) is 0 Å². The number of hydrogen-bond acceptors (Lipinski definition) is 6. The van der Waals surface area contributed by atoms with Gasteiger partial charge in [-0.3, -0.25) is 14.1 Å². The third kappa shape index (κ3) is 43.3. The van der Waals surface area contributed by atoms with Gasteiger partial charge in [-0.25, -0.2) is 4.57 Å². The summed E-state index contributed by atoms with van der Waals surface area (Å²) in [5.41, 5.74) is 0. The SMILES string of the molecule is CCCCCC/C=C/CCCCCCCCCCCC(=O)O[C@H](COC(=O)CCCCCCCCCCC/C=C/CCCCCCCC)COP(=O)(O)O. The monoisotopic (exact) mass is 785 g/mol. The number of esters is 2. The first-order chi connectivity index (χ1) is 26.3. The summed E-state index contributed by atoms with van der Waals surface area (Å²) in [7, 11) is -4.75. The molecule has 318 valence electrons. The van der Waals surface area contributed by atoms with Crippen LogP contribution in [0.2, 0.25) is 0 Å². The lowest BCUT2D eigenvalue weighted by atomic mass is 10.1. The summed E-state index contributed by atoms with van der Waals surface area (Å²) in [5, 5.41) is 0. The molecular formula is C45H85O8P. The molecule has 0 spiro atoms. The Kier molecular flexibility index (Phi) is 40.1. The van der Waals surface area contributed by atoms with E-state index >= 15 is 0 Å². The Bertz CT molecular complexity index is 931. The zero-order valence-electron chi connectivity index (χ0n) is 35.1. The molecule has 8 nitrogen and oxygen atoms in total. The number of allylic oxidation sites excluding steroid dienone is 4. The van der Waals surface area contributed by atoms with E-state index in [0.29, 0.717) is 6.42 Å². The lowest BCUT2D eigenvalue weighted by Gasteiger charge is -2.18. The van der Waals surface area contributed by atoms with Crippen LogP contribution in [0.25, 0.3) is 0 Å². The van der Waals surface area contributed by atoms with E-state index in [0.717, 1.165) is 38.5 Å². The molecule has 0 aromatic heterocycles. The number of hydrogen-bond donors (Lipinski definition) is 2. The lowest BCUT2D eigenvalue weighted by molar-refractivity contribution is -0.161. The Hall–Kier alpha value is -1.47. The fraction of sp³-hybridized carbons (Fsp3) is 0.867. The summed E-state index contributed by atoms with van der Waals surface area (Å²) in [6, 6.07) is 0. The van der Waals surface area contributed by atoms with Crippen molar-refractivity contribution in [2.45, 2.75) is 238 Å². The van der Waals surface area contributed by atoms with E-state index in [9.17, 15) is 14.2 Å². The van der Waals surface area contributed by atoms with Crippen molar-refractivity contribution in [1.82, 2.24) is 0 Å². The normalized spacial score (nSPS) is 12.6. The maximum atomic E-state index is 12.4. The quantitative estimate of drug-likeness (QED) is 0.0272. The zero-order valence-corrected chi connectivity index (χ0v) is 36.0. The highest BCUT2D eigenvalue weighted by atomic mass is 31.2. The standard InChI is InChI=1S/C45H85O8P/c1-3-5-7-9-11-13-15-17-19-21-22-24-25-27-29-31-33-35-37-39-44(46)51-41-43(42-52-54(48,49)50)53-45(47)40-38-36-34-32-30-28-26-23-20-18-16-14-12-10-8-6-4-2/h14,16-17,19,43H,3-13,15,18,20-42H2,1-2H3,(H2,48,49,50)/b16-14+,19-17+/t43-/m1/s1. The number of phosphoric ester groups is 1. The van der Waals surface area contributed by atoms with Crippen LogP contribution in [-0.4, -0.2) is 41.0 Å². The first kappa shape index (κ1) is 52.5. The summed E-state index contributed by atoms with van der Waals surface area (Å²) in [6.07, 6.45) is 47.5. The van der Waals surface area contributed by atoms with Crippen molar-refractivity contribution in [2.24, 2.45) is 0 Å². The van der Waals surface area contributed by atoms with E-state index in [4.69, 9.17) is 19.3 Å². The third-order valence-electron chi connectivity index (χ3n) is 9.94. The van der Waals surface area contributed by atoms with Crippen molar-refractivity contribution in [3.63, 3.8) is 0 Å². The summed E-state index contributed by atoms with van der Waals surface area (Å²) < 4.78 is 26.4. The number of unbranched alkanes of at least 4 members (excludes halogenated alkanes) is 28. The Morgan fingerprint density at radius 3 is 1.15 bits per heavy atom. The van der Waals surface area contributed by atoms with Gasteiger partial charge in [-0.1, -0.05) is 179 Å². The highest BCUT2D eigenvalue weighted by Crippen LogP contribution is 2.36.